The average Bonchev–Trinajstić information content (AvgIpc) is 2.84. The number of anilines is 1. The zero-order chi connectivity index (χ0) is 15.2. The maximum absolute atomic E-state index is 13.5. The Balaban J connectivity index is 2.12. The van der Waals surface area contributed by atoms with Crippen LogP contribution in [0.2, 0.25) is 0 Å². The van der Waals surface area contributed by atoms with Crippen LogP contribution in [0.3, 0.4) is 0 Å². The van der Waals surface area contributed by atoms with Crippen LogP contribution >= 0.6 is 0 Å². The van der Waals surface area contributed by atoms with Crippen LogP contribution in [0.4, 0.5) is 10.1 Å². The molecule has 1 N–H and O–H groups in total. The van der Waals surface area contributed by atoms with E-state index in [0.717, 1.165) is 35.7 Å². The molecule has 2 aromatic rings. The summed E-state index contributed by atoms with van der Waals surface area (Å²) < 4.78 is 19.1. The van der Waals surface area contributed by atoms with E-state index < -0.39 is 0 Å². The summed E-state index contributed by atoms with van der Waals surface area (Å²) in [5.41, 5.74) is 1.99. The van der Waals surface area contributed by atoms with Gasteiger partial charge in [-0.3, -0.25) is 0 Å². The Hall–Kier alpha value is -1.81. The van der Waals surface area contributed by atoms with Gasteiger partial charge in [0.05, 0.1) is 6.54 Å². The van der Waals surface area contributed by atoms with Crippen molar-refractivity contribution in [2.24, 2.45) is 0 Å². The smallest absolute Gasteiger partial charge is 0.123 e. The maximum Gasteiger partial charge on any atom is 0.123 e. The Kier molecular flexibility index (Phi) is 5.39. The first-order valence-electron chi connectivity index (χ1n) is 7.35. The van der Waals surface area contributed by atoms with Crippen LogP contribution < -0.4 is 10.2 Å². The number of aryl methyl sites for hydroxylation is 1. The lowest BCUT2D eigenvalue weighted by molar-refractivity contribution is 0.481. The molecule has 1 aromatic heterocycles. The first-order valence-corrected chi connectivity index (χ1v) is 7.35. The summed E-state index contributed by atoms with van der Waals surface area (Å²) >= 11 is 0. The third-order valence-electron chi connectivity index (χ3n) is 3.38. The van der Waals surface area contributed by atoms with Gasteiger partial charge < -0.3 is 14.6 Å². The highest BCUT2D eigenvalue weighted by molar-refractivity contribution is 5.53. The molecule has 0 atom stereocenters. The molecule has 0 amide bonds. The SMILES string of the molecule is CCCNCc1cc(F)ccc1N(C)Cc1ccc(C)o1. The zero-order valence-electron chi connectivity index (χ0n) is 12.9. The van der Waals surface area contributed by atoms with Gasteiger partial charge >= 0.3 is 0 Å². The molecule has 0 aliphatic heterocycles. The molecule has 1 aromatic carbocycles. The van der Waals surface area contributed by atoms with Gasteiger partial charge in [-0.2, -0.15) is 0 Å². The molecule has 4 heteroatoms. The second-order valence-electron chi connectivity index (χ2n) is 5.32. The second kappa shape index (κ2) is 7.27. The summed E-state index contributed by atoms with van der Waals surface area (Å²) in [5.74, 6) is 1.61. The number of benzene rings is 1. The molecule has 2 rings (SSSR count). The van der Waals surface area contributed by atoms with E-state index in [1.807, 2.05) is 32.2 Å². The number of hydrogen-bond acceptors (Lipinski definition) is 3. The highest BCUT2D eigenvalue weighted by atomic mass is 19.1. The molecule has 114 valence electrons. The average molecular weight is 290 g/mol. The minimum atomic E-state index is -0.200. The number of hydrogen-bond donors (Lipinski definition) is 1. The molecule has 0 radical (unpaired) electrons. The topological polar surface area (TPSA) is 28.4 Å². The van der Waals surface area contributed by atoms with Gasteiger partial charge in [-0.15, -0.1) is 0 Å². The Bertz CT molecular complexity index is 580. The van der Waals surface area contributed by atoms with Crippen molar-refractivity contribution in [2.45, 2.75) is 33.4 Å². The summed E-state index contributed by atoms with van der Waals surface area (Å²) in [6.07, 6.45) is 1.06. The molecule has 0 bridgehead atoms. The number of furan rings is 1. The zero-order valence-corrected chi connectivity index (χ0v) is 12.9. The first kappa shape index (κ1) is 15.6. The summed E-state index contributed by atoms with van der Waals surface area (Å²) in [4.78, 5) is 2.08. The molecular weight excluding hydrogens is 267 g/mol. The molecule has 0 unspecified atom stereocenters. The van der Waals surface area contributed by atoms with E-state index >= 15 is 0 Å². The summed E-state index contributed by atoms with van der Waals surface area (Å²) in [7, 11) is 1.99. The van der Waals surface area contributed by atoms with Crippen molar-refractivity contribution in [3.8, 4) is 0 Å². The Morgan fingerprint density at radius 2 is 2.05 bits per heavy atom. The van der Waals surface area contributed by atoms with Gasteiger partial charge in [0.25, 0.3) is 0 Å². The Morgan fingerprint density at radius 1 is 1.24 bits per heavy atom. The van der Waals surface area contributed by atoms with Gasteiger partial charge in [0, 0.05) is 19.3 Å². The van der Waals surface area contributed by atoms with Crippen LogP contribution in [0.1, 0.15) is 30.4 Å². The van der Waals surface area contributed by atoms with Gasteiger partial charge in [-0.05, 0) is 55.8 Å². The second-order valence-corrected chi connectivity index (χ2v) is 5.32. The minimum absolute atomic E-state index is 0.200. The Morgan fingerprint density at radius 3 is 2.71 bits per heavy atom. The fourth-order valence-electron chi connectivity index (χ4n) is 2.36. The summed E-state index contributed by atoms with van der Waals surface area (Å²) in [5, 5.41) is 3.33. The fraction of sp³-hybridized carbons (Fsp3) is 0.412. The van der Waals surface area contributed by atoms with Crippen molar-refractivity contribution < 1.29 is 8.81 Å². The van der Waals surface area contributed by atoms with Gasteiger partial charge in [-0.25, -0.2) is 4.39 Å². The van der Waals surface area contributed by atoms with Gasteiger partial charge in [-0.1, -0.05) is 6.92 Å². The molecule has 1 heterocycles. The van der Waals surface area contributed by atoms with Gasteiger partial charge in [0.2, 0.25) is 0 Å². The van der Waals surface area contributed by atoms with Crippen molar-refractivity contribution in [3.05, 3.63) is 53.2 Å². The van der Waals surface area contributed by atoms with E-state index in [4.69, 9.17) is 4.42 Å². The molecule has 21 heavy (non-hydrogen) atoms. The number of halogens is 1. The minimum Gasteiger partial charge on any atom is -0.464 e. The third kappa shape index (κ3) is 4.33. The molecule has 3 nitrogen and oxygen atoms in total. The van der Waals surface area contributed by atoms with E-state index in [9.17, 15) is 4.39 Å². The standard InChI is InChI=1S/C17H23FN2O/c1-4-9-19-11-14-10-15(18)6-8-17(14)20(3)12-16-7-5-13(2)21-16/h5-8,10,19H,4,9,11-12H2,1-3H3. The number of nitrogens with zero attached hydrogens (tertiary/aromatic N) is 1. The molecule has 0 fully saturated rings. The summed E-state index contributed by atoms with van der Waals surface area (Å²) in [6, 6.07) is 8.86. The van der Waals surface area contributed by atoms with Gasteiger partial charge in [0.1, 0.15) is 17.3 Å². The van der Waals surface area contributed by atoms with Crippen molar-refractivity contribution in [3.63, 3.8) is 0 Å². The van der Waals surface area contributed by atoms with E-state index in [1.165, 1.54) is 6.07 Å². The lowest BCUT2D eigenvalue weighted by Gasteiger charge is -2.22. The van der Waals surface area contributed by atoms with Crippen LogP contribution in [0.5, 0.6) is 0 Å². The largest absolute Gasteiger partial charge is 0.464 e. The third-order valence-corrected chi connectivity index (χ3v) is 3.38. The van der Waals surface area contributed by atoms with E-state index in [1.54, 1.807) is 6.07 Å². The van der Waals surface area contributed by atoms with Crippen molar-refractivity contribution in [1.82, 2.24) is 5.32 Å². The number of rotatable bonds is 7. The highest BCUT2D eigenvalue weighted by Gasteiger charge is 2.10. The van der Waals surface area contributed by atoms with Crippen LogP contribution in [-0.4, -0.2) is 13.6 Å². The van der Waals surface area contributed by atoms with Crippen LogP contribution in [0.15, 0.2) is 34.7 Å². The van der Waals surface area contributed by atoms with E-state index in [2.05, 4.69) is 17.1 Å². The lowest BCUT2D eigenvalue weighted by atomic mass is 10.1. The van der Waals surface area contributed by atoms with Crippen LogP contribution in [0.25, 0.3) is 0 Å². The first-order chi connectivity index (χ1) is 10.1. The normalized spacial score (nSPS) is 10.9. The predicted molar refractivity (Wildman–Crippen MR) is 83.9 cm³/mol. The molecule has 0 aliphatic rings. The summed E-state index contributed by atoms with van der Waals surface area (Å²) in [6.45, 7) is 6.31. The lowest BCUT2D eigenvalue weighted by Crippen LogP contribution is -2.21. The maximum atomic E-state index is 13.5. The monoisotopic (exact) mass is 290 g/mol. The van der Waals surface area contributed by atoms with Crippen molar-refractivity contribution in [2.75, 3.05) is 18.5 Å². The molecule has 0 saturated carbocycles. The van der Waals surface area contributed by atoms with Gasteiger partial charge in [0.15, 0.2) is 0 Å². The molecular formula is C17H23FN2O. The van der Waals surface area contributed by atoms with Crippen molar-refractivity contribution in [1.29, 1.82) is 0 Å². The molecule has 0 aliphatic carbocycles. The fourth-order valence-corrected chi connectivity index (χ4v) is 2.36. The van der Waals surface area contributed by atoms with E-state index in [-0.39, 0.29) is 5.82 Å². The number of nitrogens with one attached hydrogen (secondary N) is 1. The van der Waals surface area contributed by atoms with Crippen LogP contribution in [0, 0.1) is 12.7 Å². The molecule has 0 spiro atoms. The quantitative estimate of drug-likeness (QED) is 0.785. The van der Waals surface area contributed by atoms with E-state index in [0.29, 0.717) is 13.1 Å². The van der Waals surface area contributed by atoms with Crippen molar-refractivity contribution >= 4 is 5.69 Å². The predicted octanol–water partition coefficient (Wildman–Crippen LogP) is 3.86. The highest BCUT2D eigenvalue weighted by Crippen LogP contribution is 2.23. The Labute approximate surface area is 125 Å². The van der Waals surface area contributed by atoms with Crippen LogP contribution in [-0.2, 0) is 13.1 Å². The molecule has 0 saturated heterocycles.